The average Bonchev–Trinajstić information content (AvgIpc) is 3.38. The number of anilines is 1. The van der Waals surface area contributed by atoms with Crippen LogP contribution in [0.15, 0.2) is 41.3 Å². The second kappa shape index (κ2) is 7.06. The number of rotatable bonds is 5. The van der Waals surface area contributed by atoms with Gasteiger partial charge in [0.05, 0.1) is 10.5 Å². The van der Waals surface area contributed by atoms with Crippen LogP contribution in [0.2, 0.25) is 0 Å². The number of hydrogen-bond acceptors (Lipinski definition) is 3. The zero-order valence-corrected chi connectivity index (χ0v) is 15.7. The molecule has 11 heteroatoms. The first kappa shape index (κ1) is 21.2. The number of halogens is 5. The molecule has 1 fully saturated rings. The summed E-state index contributed by atoms with van der Waals surface area (Å²) in [5, 5.41) is 2.22. The Hall–Kier alpha value is -2.53. The third-order valence-corrected chi connectivity index (χ3v) is 6.08. The molecule has 1 amide bonds. The van der Waals surface area contributed by atoms with Crippen molar-refractivity contribution in [3.05, 3.63) is 59.2 Å². The third kappa shape index (κ3) is 4.25. The van der Waals surface area contributed by atoms with Crippen molar-refractivity contribution in [2.24, 2.45) is 0 Å². The summed E-state index contributed by atoms with van der Waals surface area (Å²) in [6.07, 6.45) is -5.61. The molecule has 0 atom stereocenters. The fraction of sp³-hybridized carbons (Fsp3) is 0.278. The van der Waals surface area contributed by atoms with Gasteiger partial charge in [0.1, 0.15) is 17.2 Å². The first-order valence-electron chi connectivity index (χ1n) is 8.32. The fourth-order valence-corrected chi connectivity index (χ4v) is 4.07. The monoisotopic (exact) mass is 434 g/mol. The van der Waals surface area contributed by atoms with Crippen LogP contribution in [0.5, 0.6) is 0 Å². The Morgan fingerprint density at radius 1 is 1.03 bits per heavy atom. The number of carbonyl (C=O) groups excluding carboxylic acids is 1. The summed E-state index contributed by atoms with van der Waals surface area (Å²) in [4.78, 5) is 11.6. The second-order valence-electron chi connectivity index (χ2n) is 6.75. The summed E-state index contributed by atoms with van der Waals surface area (Å²) >= 11 is 0. The van der Waals surface area contributed by atoms with Crippen molar-refractivity contribution < 1.29 is 35.2 Å². The van der Waals surface area contributed by atoms with Crippen LogP contribution in [0.25, 0.3) is 0 Å². The minimum absolute atomic E-state index is 0.00195. The molecular formula is C18H15F5N2O3S. The van der Waals surface area contributed by atoms with E-state index >= 15 is 0 Å². The molecule has 0 saturated heterocycles. The summed E-state index contributed by atoms with van der Waals surface area (Å²) in [6, 6.07) is 5.77. The molecule has 156 valence electrons. The molecule has 1 saturated carbocycles. The molecule has 0 bridgehead atoms. The maximum absolute atomic E-state index is 14.1. The highest BCUT2D eigenvalue weighted by atomic mass is 32.2. The van der Waals surface area contributed by atoms with Crippen molar-refractivity contribution >= 4 is 21.6 Å². The van der Waals surface area contributed by atoms with Crippen molar-refractivity contribution in [3.63, 3.8) is 0 Å². The minimum Gasteiger partial charge on any atom is -0.322 e. The van der Waals surface area contributed by atoms with E-state index in [1.54, 1.807) is 4.72 Å². The third-order valence-electron chi connectivity index (χ3n) is 4.54. The van der Waals surface area contributed by atoms with Gasteiger partial charge in [-0.3, -0.25) is 4.79 Å². The van der Waals surface area contributed by atoms with Crippen LogP contribution in [0, 0.1) is 18.6 Å². The Bertz CT molecular complexity index is 1080. The van der Waals surface area contributed by atoms with Gasteiger partial charge in [0.15, 0.2) is 0 Å². The second-order valence-corrected chi connectivity index (χ2v) is 8.43. The van der Waals surface area contributed by atoms with Crippen molar-refractivity contribution in [2.75, 3.05) is 5.32 Å². The quantitative estimate of drug-likeness (QED) is 0.701. The van der Waals surface area contributed by atoms with Gasteiger partial charge in [-0.15, -0.1) is 0 Å². The van der Waals surface area contributed by atoms with Crippen molar-refractivity contribution in [1.82, 2.24) is 4.72 Å². The summed E-state index contributed by atoms with van der Waals surface area (Å²) in [5.41, 5.74) is -2.96. The molecule has 1 aliphatic rings. The molecule has 1 aliphatic carbocycles. The number of benzene rings is 2. The molecule has 0 radical (unpaired) electrons. The number of aryl methyl sites for hydroxylation is 1. The van der Waals surface area contributed by atoms with Gasteiger partial charge in [0, 0.05) is 5.69 Å². The zero-order chi connectivity index (χ0) is 21.6. The SMILES string of the molecule is Cc1ccc(NC(=O)c2cc(S(=O)(=O)NC3(C(F)(F)F)CC3)ccc2F)cc1F. The van der Waals surface area contributed by atoms with Gasteiger partial charge in [-0.2, -0.15) is 17.9 Å². The summed E-state index contributed by atoms with van der Waals surface area (Å²) < 4.78 is 93.0. The van der Waals surface area contributed by atoms with Gasteiger partial charge in [-0.1, -0.05) is 6.07 Å². The van der Waals surface area contributed by atoms with Gasteiger partial charge in [0.25, 0.3) is 5.91 Å². The maximum Gasteiger partial charge on any atom is 0.407 e. The van der Waals surface area contributed by atoms with Crippen molar-refractivity contribution in [1.29, 1.82) is 0 Å². The Morgan fingerprint density at radius 3 is 2.24 bits per heavy atom. The lowest BCUT2D eigenvalue weighted by molar-refractivity contribution is -0.160. The van der Waals surface area contributed by atoms with Crippen molar-refractivity contribution in [3.8, 4) is 0 Å². The molecule has 0 unspecified atom stereocenters. The standard InChI is InChI=1S/C18H15F5N2O3S/c1-10-2-3-11(8-15(10)20)24-16(26)13-9-12(4-5-14(13)19)29(27,28)25-17(6-7-17)18(21,22)23/h2-5,8-9,25H,6-7H2,1H3,(H,24,26). The highest BCUT2D eigenvalue weighted by Crippen LogP contribution is 2.49. The zero-order valence-electron chi connectivity index (χ0n) is 14.9. The highest BCUT2D eigenvalue weighted by Gasteiger charge is 2.65. The number of hydrogen-bond donors (Lipinski definition) is 2. The summed E-state index contributed by atoms with van der Waals surface area (Å²) in [6.45, 7) is 1.50. The number of nitrogens with one attached hydrogen (secondary N) is 2. The Kier molecular flexibility index (Phi) is 5.16. The number of amides is 1. The van der Waals surface area contributed by atoms with E-state index in [1.807, 2.05) is 0 Å². The summed E-state index contributed by atoms with van der Waals surface area (Å²) in [5.74, 6) is -2.79. The molecule has 0 heterocycles. The van der Waals surface area contributed by atoms with Gasteiger partial charge < -0.3 is 5.32 Å². The number of carbonyl (C=O) groups is 1. The largest absolute Gasteiger partial charge is 0.407 e. The first-order chi connectivity index (χ1) is 13.3. The van der Waals surface area contributed by atoms with Crippen molar-refractivity contribution in [2.45, 2.75) is 36.4 Å². The van der Waals surface area contributed by atoms with Crippen LogP contribution in [0.1, 0.15) is 28.8 Å². The molecule has 2 N–H and O–H groups in total. The number of sulfonamides is 1. The van der Waals surface area contributed by atoms with E-state index in [0.29, 0.717) is 17.7 Å². The van der Waals surface area contributed by atoms with E-state index in [9.17, 15) is 35.2 Å². The van der Waals surface area contributed by atoms with E-state index in [2.05, 4.69) is 5.32 Å². The minimum atomic E-state index is -4.78. The predicted octanol–water partition coefficient (Wildman–Crippen LogP) is 3.90. The fourth-order valence-electron chi connectivity index (χ4n) is 2.60. The normalized spacial score (nSPS) is 15.8. The molecule has 2 aromatic rings. The average molecular weight is 434 g/mol. The lowest BCUT2D eigenvalue weighted by Crippen LogP contribution is -2.47. The maximum atomic E-state index is 14.1. The molecule has 29 heavy (non-hydrogen) atoms. The molecule has 0 spiro atoms. The van der Waals surface area contributed by atoms with Crippen LogP contribution >= 0.6 is 0 Å². The topological polar surface area (TPSA) is 75.3 Å². The van der Waals surface area contributed by atoms with Gasteiger partial charge >= 0.3 is 6.18 Å². The van der Waals surface area contributed by atoms with Crippen LogP contribution in [-0.2, 0) is 10.0 Å². The van der Waals surface area contributed by atoms with Gasteiger partial charge in [-0.05, 0) is 55.7 Å². The highest BCUT2D eigenvalue weighted by molar-refractivity contribution is 7.89. The molecule has 0 aliphatic heterocycles. The molecular weight excluding hydrogens is 419 g/mol. The van der Waals surface area contributed by atoms with E-state index in [-0.39, 0.29) is 5.69 Å². The first-order valence-corrected chi connectivity index (χ1v) is 9.81. The van der Waals surface area contributed by atoms with E-state index in [0.717, 1.165) is 12.1 Å². The van der Waals surface area contributed by atoms with Crippen LogP contribution in [0.4, 0.5) is 27.6 Å². The van der Waals surface area contributed by atoms with E-state index in [1.165, 1.54) is 19.1 Å². The molecule has 5 nitrogen and oxygen atoms in total. The van der Waals surface area contributed by atoms with Crippen LogP contribution in [0.3, 0.4) is 0 Å². The Labute approximate surface area is 163 Å². The number of alkyl halides is 3. The summed E-state index contributed by atoms with van der Waals surface area (Å²) in [7, 11) is -4.67. The molecule has 0 aromatic heterocycles. The van der Waals surface area contributed by atoms with Crippen LogP contribution in [-0.4, -0.2) is 26.0 Å². The Morgan fingerprint density at radius 2 is 1.69 bits per heavy atom. The van der Waals surface area contributed by atoms with Crippen LogP contribution < -0.4 is 10.0 Å². The van der Waals surface area contributed by atoms with Gasteiger partial charge in [0.2, 0.25) is 10.0 Å². The lowest BCUT2D eigenvalue weighted by Gasteiger charge is -2.20. The Balaban J connectivity index is 1.87. The predicted molar refractivity (Wildman–Crippen MR) is 93.8 cm³/mol. The van der Waals surface area contributed by atoms with Gasteiger partial charge in [-0.25, -0.2) is 17.2 Å². The smallest absolute Gasteiger partial charge is 0.322 e. The van der Waals surface area contributed by atoms with E-state index in [4.69, 9.17) is 0 Å². The lowest BCUT2D eigenvalue weighted by atomic mass is 10.1. The molecule has 2 aromatic carbocycles. The van der Waals surface area contributed by atoms with E-state index < -0.39 is 62.6 Å². The molecule has 3 rings (SSSR count).